The minimum Gasteiger partial charge on any atom is -0.424 e. The maximum Gasteiger partial charge on any atom is 0.235 e. The van der Waals surface area contributed by atoms with Crippen LogP contribution in [-0.4, -0.2) is 10.2 Å². The minimum absolute atomic E-state index is 0.349. The van der Waals surface area contributed by atoms with Crippen molar-refractivity contribution in [2.75, 3.05) is 5.32 Å². The number of halogens is 3. The van der Waals surface area contributed by atoms with Crippen LogP contribution in [0.3, 0.4) is 0 Å². The summed E-state index contributed by atoms with van der Waals surface area (Å²) < 4.78 is 5.21. The highest BCUT2D eigenvalue weighted by molar-refractivity contribution is 6.41. The molecule has 0 aliphatic rings. The molecule has 0 amide bonds. The molecule has 1 aromatic carbocycles. The lowest BCUT2D eigenvalue weighted by atomic mass is 10.3. The van der Waals surface area contributed by atoms with Crippen molar-refractivity contribution in [2.24, 2.45) is 0 Å². The Morgan fingerprint density at radius 3 is 2.35 bits per heavy atom. The Morgan fingerprint density at radius 1 is 1.18 bits per heavy atom. The van der Waals surface area contributed by atoms with E-state index in [0.29, 0.717) is 39.1 Å². The van der Waals surface area contributed by atoms with Crippen LogP contribution in [-0.2, 0) is 6.54 Å². The lowest BCUT2D eigenvalue weighted by molar-refractivity contribution is 0.475. The third-order valence-corrected chi connectivity index (χ3v) is 2.81. The van der Waals surface area contributed by atoms with E-state index in [4.69, 9.17) is 39.2 Å². The van der Waals surface area contributed by atoms with E-state index in [1.54, 1.807) is 19.1 Å². The molecule has 0 aliphatic heterocycles. The number of nitrogens with one attached hydrogen (secondary N) is 1. The maximum absolute atomic E-state index is 6.01. The second kappa shape index (κ2) is 5.12. The summed E-state index contributed by atoms with van der Waals surface area (Å²) in [4.78, 5) is 0. The lowest BCUT2D eigenvalue weighted by Gasteiger charge is -2.08. The lowest BCUT2D eigenvalue weighted by Crippen LogP contribution is -2.01. The third kappa shape index (κ3) is 3.03. The van der Waals surface area contributed by atoms with E-state index >= 15 is 0 Å². The molecule has 1 N–H and O–H groups in total. The molecule has 0 saturated heterocycles. The molecule has 90 valence electrons. The fourth-order valence-corrected chi connectivity index (χ4v) is 2.23. The molecule has 2 aromatic rings. The van der Waals surface area contributed by atoms with Crippen molar-refractivity contribution in [1.29, 1.82) is 0 Å². The summed E-state index contributed by atoms with van der Waals surface area (Å²) >= 11 is 17.8. The van der Waals surface area contributed by atoms with Gasteiger partial charge in [-0.3, -0.25) is 0 Å². The van der Waals surface area contributed by atoms with Crippen molar-refractivity contribution in [1.82, 2.24) is 10.2 Å². The first kappa shape index (κ1) is 12.5. The molecule has 0 unspecified atom stereocenters. The molecule has 7 heteroatoms. The van der Waals surface area contributed by atoms with Gasteiger partial charge < -0.3 is 9.73 Å². The van der Waals surface area contributed by atoms with E-state index in [-0.39, 0.29) is 0 Å². The largest absolute Gasteiger partial charge is 0.424 e. The zero-order valence-corrected chi connectivity index (χ0v) is 11.1. The van der Waals surface area contributed by atoms with E-state index in [9.17, 15) is 0 Å². The number of hydrogen-bond donors (Lipinski definition) is 1. The Morgan fingerprint density at radius 2 is 1.82 bits per heavy atom. The Bertz CT molecular complexity index is 518. The Labute approximate surface area is 113 Å². The molecule has 0 atom stereocenters. The number of aryl methyl sites for hydroxylation is 1. The molecule has 0 bridgehead atoms. The van der Waals surface area contributed by atoms with E-state index in [1.165, 1.54) is 0 Å². The maximum atomic E-state index is 6.01. The van der Waals surface area contributed by atoms with Gasteiger partial charge in [-0.2, -0.15) is 0 Å². The van der Waals surface area contributed by atoms with E-state index in [0.717, 1.165) is 0 Å². The molecule has 4 nitrogen and oxygen atoms in total. The summed E-state index contributed by atoms with van der Waals surface area (Å²) in [6.45, 7) is 2.07. The van der Waals surface area contributed by atoms with E-state index < -0.39 is 0 Å². The summed E-state index contributed by atoms with van der Waals surface area (Å²) in [7, 11) is 0. The molecule has 17 heavy (non-hydrogen) atoms. The number of hydrogen-bond acceptors (Lipinski definition) is 4. The molecule has 2 rings (SSSR count). The number of aromatic nitrogens is 2. The first-order valence-corrected chi connectivity index (χ1v) is 5.87. The van der Waals surface area contributed by atoms with Gasteiger partial charge in [-0.1, -0.05) is 34.8 Å². The van der Waals surface area contributed by atoms with E-state index in [1.807, 2.05) is 0 Å². The highest BCUT2D eigenvalue weighted by atomic mass is 35.5. The minimum atomic E-state index is 0.349. The van der Waals surface area contributed by atoms with Crippen molar-refractivity contribution in [3.8, 4) is 0 Å². The molecule has 0 spiro atoms. The van der Waals surface area contributed by atoms with Crippen molar-refractivity contribution < 1.29 is 4.42 Å². The normalized spacial score (nSPS) is 10.6. The van der Waals surface area contributed by atoms with E-state index in [2.05, 4.69) is 15.5 Å². The smallest absolute Gasteiger partial charge is 0.235 e. The van der Waals surface area contributed by atoms with Crippen LogP contribution in [0.15, 0.2) is 16.5 Å². The van der Waals surface area contributed by atoms with Gasteiger partial charge in [0.1, 0.15) is 0 Å². The van der Waals surface area contributed by atoms with Gasteiger partial charge in [-0.05, 0) is 12.1 Å². The average molecular weight is 293 g/mol. The summed E-state index contributed by atoms with van der Waals surface area (Å²) in [6, 6.07) is 3.22. The van der Waals surface area contributed by atoms with Crippen molar-refractivity contribution in [3.63, 3.8) is 0 Å². The quantitative estimate of drug-likeness (QED) is 0.930. The Kier molecular flexibility index (Phi) is 3.76. The monoisotopic (exact) mass is 291 g/mol. The fourth-order valence-electron chi connectivity index (χ4n) is 1.28. The van der Waals surface area contributed by atoms with Gasteiger partial charge in [0.2, 0.25) is 11.8 Å². The van der Waals surface area contributed by atoms with Crippen LogP contribution in [0.2, 0.25) is 15.1 Å². The van der Waals surface area contributed by atoms with Crippen molar-refractivity contribution >= 4 is 40.5 Å². The van der Waals surface area contributed by atoms with Crippen LogP contribution in [0, 0.1) is 6.92 Å². The molecule has 1 heterocycles. The van der Waals surface area contributed by atoms with Gasteiger partial charge in [0.05, 0.1) is 22.3 Å². The molecule has 0 radical (unpaired) electrons. The van der Waals surface area contributed by atoms with Crippen molar-refractivity contribution in [3.05, 3.63) is 39.0 Å². The first-order chi connectivity index (χ1) is 8.06. The van der Waals surface area contributed by atoms with Gasteiger partial charge in [0.25, 0.3) is 0 Å². The molecule has 0 saturated carbocycles. The van der Waals surface area contributed by atoms with Gasteiger partial charge >= 0.3 is 0 Å². The predicted molar refractivity (Wildman–Crippen MR) is 67.8 cm³/mol. The highest BCUT2D eigenvalue weighted by Crippen LogP contribution is 2.33. The summed E-state index contributed by atoms with van der Waals surface area (Å²) in [5.74, 6) is 0.972. The number of anilines is 1. The van der Waals surface area contributed by atoms with Gasteiger partial charge in [-0.15, -0.1) is 10.2 Å². The Balaban J connectivity index is 2.14. The van der Waals surface area contributed by atoms with Gasteiger partial charge in [0.15, 0.2) is 0 Å². The zero-order chi connectivity index (χ0) is 12.4. The number of rotatable bonds is 3. The summed E-state index contributed by atoms with van der Waals surface area (Å²) in [5.41, 5.74) is 0.591. The van der Waals surface area contributed by atoms with Crippen LogP contribution in [0.25, 0.3) is 0 Å². The van der Waals surface area contributed by atoms with Crippen LogP contribution < -0.4 is 5.32 Å². The second-order valence-corrected chi connectivity index (χ2v) is 4.56. The summed E-state index contributed by atoms with van der Waals surface area (Å²) in [6.07, 6.45) is 0. The van der Waals surface area contributed by atoms with Crippen LogP contribution in [0.1, 0.15) is 11.8 Å². The topological polar surface area (TPSA) is 51.0 Å². The number of nitrogens with zero attached hydrogens (tertiary/aromatic N) is 2. The summed E-state index contributed by atoms with van der Waals surface area (Å²) in [5, 5.41) is 12.0. The second-order valence-electron chi connectivity index (χ2n) is 3.31. The SMILES string of the molecule is Cc1nnc(CNc2c(Cl)cc(Cl)cc2Cl)o1. The van der Waals surface area contributed by atoms with Crippen LogP contribution in [0.4, 0.5) is 5.69 Å². The predicted octanol–water partition coefficient (Wildman–Crippen LogP) is 3.95. The zero-order valence-electron chi connectivity index (χ0n) is 8.80. The molecule has 0 fully saturated rings. The van der Waals surface area contributed by atoms with Gasteiger partial charge in [-0.25, -0.2) is 0 Å². The Hall–Kier alpha value is -0.970. The molecule has 0 aliphatic carbocycles. The van der Waals surface area contributed by atoms with Crippen molar-refractivity contribution in [2.45, 2.75) is 13.5 Å². The molecule has 1 aromatic heterocycles. The fraction of sp³-hybridized carbons (Fsp3) is 0.200. The van der Waals surface area contributed by atoms with Crippen LogP contribution >= 0.6 is 34.8 Å². The molecular weight excluding hydrogens is 284 g/mol. The standard InChI is InChI=1S/C10H8Cl3N3O/c1-5-15-16-9(17-5)4-14-10-7(12)2-6(11)3-8(10)13/h2-3,14H,4H2,1H3. The third-order valence-electron chi connectivity index (χ3n) is 1.99. The van der Waals surface area contributed by atoms with Gasteiger partial charge in [0, 0.05) is 11.9 Å². The average Bonchev–Trinajstić information content (AvgIpc) is 2.62. The molecular formula is C10H8Cl3N3O. The van der Waals surface area contributed by atoms with Crippen LogP contribution in [0.5, 0.6) is 0 Å². The first-order valence-electron chi connectivity index (χ1n) is 4.73. The highest BCUT2D eigenvalue weighted by Gasteiger charge is 2.09. The number of benzene rings is 1.